The number of aliphatic imine (C=N–C) groups is 1. The minimum Gasteiger partial charge on any atom is -0.352 e. The van der Waals surface area contributed by atoms with Gasteiger partial charge >= 0.3 is 0 Å². The quantitative estimate of drug-likeness (QED) is 0.364. The zero-order chi connectivity index (χ0) is 25.4. The summed E-state index contributed by atoms with van der Waals surface area (Å²) in [7, 11) is 1.82. The van der Waals surface area contributed by atoms with Crippen LogP contribution in [0.15, 0.2) is 47.1 Å². The number of anilines is 2. The molecular weight excluding hydrogens is 454 g/mol. The van der Waals surface area contributed by atoms with Gasteiger partial charge in [0.1, 0.15) is 29.5 Å². The van der Waals surface area contributed by atoms with Crippen LogP contribution in [-0.4, -0.2) is 69.5 Å². The monoisotopic (exact) mass is 485 g/mol. The molecule has 0 radical (unpaired) electrons. The second-order valence-corrected chi connectivity index (χ2v) is 9.80. The topological polar surface area (TPSA) is 107 Å². The van der Waals surface area contributed by atoms with Gasteiger partial charge in [-0.1, -0.05) is 12.5 Å². The van der Waals surface area contributed by atoms with Crippen molar-refractivity contribution in [3.8, 4) is 6.07 Å². The van der Waals surface area contributed by atoms with Gasteiger partial charge in [-0.25, -0.2) is 15.0 Å². The van der Waals surface area contributed by atoms with Gasteiger partial charge in [0.25, 0.3) is 5.91 Å². The fourth-order valence-electron chi connectivity index (χ4n) is 5.60. The normalized spacial score (nSPS) is 21.3. The van der Waals surface area contributed by atoms with Crippen LogP contribution in [0.25, 0.3) is 0 Å². The van der Waals surface area contributed by atoms with Crippen molar-refractivity contribution < 1.29 is 4.79 Å². The molecule has 2 aromatic heterocycles. The van der Waals surface area contributed by atoms with E-state index >= 15 is 0 Å². The SMILES string of the molecule is C=N/C(=C\C(C#N)=C/C)N1CC2(CCC2)c2c(N3CCN(C(=O)c4ccn(C)n4)C(C)C3)ncnc21. The molecule has 2 aromatic rings. The molecule has 186 valence electrons. The van der Waals surface area contributed by atoms with Gasteiger partial charge in [0.2, 0.25) is 0 Å². The van der Waals surface area contributed by atoms with E-state index in [1.54, 1.807) is 35.4 Å². The molecule has 1 atom stereocenters. The van der Waals surface area contributed by atoms with Gasteiger partial charge in [0.05, 0.1) is 11.6 Å². The summed E-state index contributed by atoms with van der Waals surface area (Å²) in [5.41, 5.74) is 2.12. The van der Waals surface area contributed by atoms with E-state index in [0.29, 0.717) is 36.7 Å². The van der Waals surface area contributed by atoms with Crippen molar-refractivity contribution in [1.29, 1.82) is 5.26 Å². The Bertz CT molecular complexity index is 1300. The number of carbonyl (C=O) groups excluding carboxylic acids is 1. The van der Waals surface area contributed by atoms with Crippen molar-refractivity contribution in [1.82, 2.24) is 24.6 Å². The zero-order valence-corrected chi connectivity index (χ0v) is 21.1. The summed E-state index contributed by atoms with van der Waals surface area (Å²) in [6.45, 7) is 10.4. The number of amides is 1. The van der Waals surface area contributed by atoms with Crippen LogP contribution in [0.5, 0.6) is 0 Å². The zero-order valence-electron chi connectivity index (χ0n) is 21.1. The highest BCUT2D eigenvalue weighted by Crippen LogP contribution is 2.55. The molecule has 1 saturated heterocycles. The van der Waals surface area contributed by atoms with E-state index in [2.05, 4.69) is 44.6 Å². The summed E-state index contributed by atoms with van der Waals surface area (Å²) in [6.07, 6.45) is 10.2. The molecule has 0 aromatic carbocycles. The first-order valence-electron chi connectivity index (χ1n) is 12.3. The van der Waals surface area contributed by atoms with E-state index in [-0.39, 0.29) is 17.4 Å². The van der Waals surface area contributed by atoms with Crippen LogP contribution in [0.4, 0.5) is 11.6 Å². The van der Waals surface area contributed by atoms with Gasteiger partial charge in [0.15, 0.2) is 0 Å². The smallest absolute Gasteiger partial charge is 0.274 e. The molecule has 10 nitrogen and oxygen atoms in total. The minimum absolute atomic E-state index is 0.00638. The lowest BCUT2D eigenvalue weighted by Gasteiger charge is -2.43. The third-order valence-electron chi connectivity index (χ3n) is 7.65. The lowest BCUT2D eigenvalue weighted by molar-refractivity contribution is 0.0666. The van der Waals surface area contributed by atoms with Crippen LogP contribution in [0.1, 0.15) is 49.2 Å². The third-order valence-corrected chi connectivity index (χ3v) is 7.65. The number of nitrogens with zero attached hydrogens (tertiary/aromatic N) is 9. The molecule has 5 rings (SSSR count). The van der Waals surface area contributed by atoms with Gasteiger partial charge in [-0.2, -0.15) is 10.4 Å². The van der Waals surface area contributed by atoms with Gasteiger partial charge in [-0.05, 0) is 45.5 Å². The first-order valence-corrected chi connectivity index (χ1v) is 12.3. The average Bonchev–Trinajstić information content (AvgIpc) is 3.46. The minimum atomic E-state index is -0.0404. The molecule has 0 N–H and O–H groups in total. The number of aryl methyl sites for hydroxylation is 1. The number of allylic oxidation sites excluding steroid dienone is 3. The molecule has 36 heavy (non-hydrogen) atoms. The Morgan fingerprint density at radius 3 is 2.67 bits per heavy atom. The molecule has 1 spiro atoms. The average molecular weight is 486 g/mol. The first kappa shape index (κ1) is 23.7. The summed E-state index contributed by atoms with van der Waals surface area (Å²) in [6, 6.07) is 3.97. The fraction of sp³-hybridized carbons (Fsp3) is 0.462. The van der Waals surface area contributed by atoms with Crippen LogP contribution in [0.3, 0.4) is 0 Å². The van der Waals surface area contributed by atoms with Crippen LogP contribution in [-0.2, 0) is 12.5 Å². The van der Waals surface area contributed by atoms with E-state index in [9.17, 15) is 10.1 Å². The predicted octanol–water partition coefficient (Wildman–Crippen LogP) is 2.81. The van der Waals surface area contributed by atoms with Crippen molar-refractivity contribution in [3.05, 3.63) is 53.4 Å². The summed E-state index contributed by atoms with van der Waals surface area (Å²) < 4.78 is 1.65. The predicted molar refractivity (Wildman–Crippen MR) is 138 cm³/mol. The largest absolute Gasteiger partial charge is 0.352 e. The Balaban J connectivity index is 1.46. The van der Waals surface area contributed by atoms with Crippen LogP contribution >= 0.6 is 0 Å². The number of hydrogen-bond donors (Lipinski definition) is 0. The number of piperazine rings is 1. The van der Waals surface area contributed by atoms with Crippen molar-refractivity contribution in [2.45, 2.75) is 44.6 Å². The summed E-state index contributed by atoms with van der Waals surface area (Å²) in [5.74, 6) is 2.36. The summed E-state index contributed by atoms with van der Waals surface area (Å²) in [4.78, 5) is 33.0. The molecule has 0 bridgehead atoms. The maximum Gasteiger partial charge on any atom is 0.274 e. The molecule has 3 aliphatic rings. The number of rotatable bonds is 5. The van der Waals surface area contributed by atoms with E-state index < -0.39 is 0 Å². The highest BCUT2D eigenvalue weighted by Gasteiger charge is 2.51. The number of fused-ring (bicyclic) bond motifs is 2. The van der Waals surface area contributed by atoms with Gasteiger partial charge in [-0.15, -0.1) is 0 Å². The molecule has 1 aliphatic carbocycles. The van der Waals surface area contributed by atoms with E-state index in [1.807, 2.05) is 18.9 Å². The van der Waals surface area contributed by atoms with E-state index in [4.69, 9.17) is 4.98 Å². The lowest BCUT2D eigenvalue weighted by atomic mass is 9.66. The molecule has 1 unspecified atom stereocenters. The van der Waals surface area contributed by atoms with Crippen LogP contribution < -0.4 is 9.80 Å². The molecular formula is C26H31N9O. The van der Waals surface area contributed by atoms with Crippen molar-refractivity contribution in [3.63, 3.8) is 0 Å². The Labute approximate surface area is 211 Å². The van der Waals surface area contributed by atoms with E-state index in [0.717, 1.165) is 43.0 Å². The fourth-order valence-corrected chi connectivity index (χ4v) is 5.60. The van der Waals surface area contributed by atoms with E-state index in [1.165, 1.54) is 0 Å². The Morgan fingerprint density at radius 1 is 1.31 bits per heavy atom. The van der Waals surface area contributed by atoms with Crippen molar-refractivity contribution >= 4 is 24.3 Å². The molecule has 4 heterocycles. The number of aromatic nitrogens is 4. The number of nitriles is 1. The maximum atomic E-state index is 13.1. The van der Waals surface area contributed by atoms with Gasteiger partial charge in [-0.3, -0.25) is 9.48 Å². The molecule has 10 heteroatoms. The Morgan fingerprint density at radius 2 is 2.08 bits per heavy atom. The van der Waals surface area contributed by atoms with Gasteiger partial charge < -0.3 is 14.7 Å². The summed E-state index contributed by atoms with van der Waals surface area (Å²) in [5, 5.41) is 13.7. The molecule has 1 amide bonds. The lowest BCUT2D eigenvalue weighted by Crippen LogP contribution is -2.55. The molecule has 1 saturated carbocycles. The van der Waals surface area contributed by atoms with Crippen molar-refractivity contribution in [2.24, 2.45) is 12.0 Å². The van der Waals surface area contributed by atoms with Gasteiger partial charge in [0, 0.05) is 56.4 Å². The summed E-state index contributed by atoms with van der Waals surface area (Å²) >= 11 is 0. The first-order chi connectivity index (χ1) is 17.4. The third kappa shape index (κ3) is 3.85. The molecule has 2 aliphatic heterocycles. The second kappa shape index (κ2) is 9.22. The highest BCUT2D eigenvalue weighted by molar-refractivity contribution is 5.92. The van der Waals surface area contributed by atoms with Crippen LogP contribution in [0, 0.1) is 11.3 Å². The number of hydrogen-bond acceptors (Lipinski definition) is 8. The Hall–Kier alpha value is -4.00. The van der Waals surface area contributed by atoms with Crippen LogP contribution in [0.2, 0.25) is 0 Å². The maximum absolute atomic E-state index is 13.1. The Kier molecular flexibility index (Phi) is 6.08. The van der Waals surface area contributed by atoms with Crippen molar-refractivity contribution in [2.75, 3.05) is 36.0 Å². The number of carbonyl (C=O) groups is 1. The highest BCUT2D eigenvalue weighted by atomic mass is 16.2. The second-order valence-electron chi connectivity index (χ2n) is 9.80. The molecule has 2 fully saturated rings. The standard InChI is InChI=1S/C26H31N9O/c1-5-19(14-27)13-21(28-3)35-16-26(8-6-9-26)22-23(29-17-30-24(22)35)33-11-12-34(18(2)15-33)25(36)20-7-10-32(4)31-20/h5,7,10,13,17-18H,3,6,8-9,11-12,15-16H2,1-2,4H3/b19-5+,21-13+.